The lowest BCUT2D eigenvalue weighted by atomic mass is 9.33. The number of hydrogen-bond donors (Lipinski definition) is 2. The van der Waals surface area contributed by atoms with Crippen LogP contribution in [0.25, 0.3) is 5.57 Å². The van der Waals surface area contributed by atoms with Crippen molar-refractivity contribution in [3.05, 3.63) is 83.4 Å². The Labute approximate surface area is 343 Å². The van der Waals surface area contributed by atoms with Gasteiger partial charge < -0.3 is 10.4 Å². The van der Waals surface area contributed by atoms with Crippen LogP contribution in [0.1, 0.15) is 121 Å². The minimum atomic E-state index is -3.47. The van der Waals surface area contributed by atoms with Crippen LogP contribution in [0, 0.1) is 58.2 Å². The Kier molecular flexibility index (Phi) is 10.4. The molecule has 0 spiro atoms. The summed E-state index contributed by atoms with van der Waals surface area (Å²) < 4.78 is 28.4. The number of rotatable bonds is 9. The first-order valence-electron chi connectivity index (χ1n) is 22.1. The van der Waals surface area contributed by atoms with Crippen molar-refractivity contribution in [2.75, 3.05) is 39.3 Å². The summed E-state index contributed by atoms with van der Waals surface area (Å²) in [5.41, 5.74) is 6.22. The van der Waals surface area contributed by atoms with Gasteiger partial charge in [0.2, 0.25) is 10.0 Å². The normalized spacial score (nSPS) is 37.9. The van der Waals surface area contributed by atoms with Gasteiger partial charge in [0.05, 0.1) is 10.5 Å². The molecule has 1 saturated heterocycles. The van der Waals surface area contributed by atoms with Crippen molar-refractivity contribution >= 4 is 21.6 Å². The number of sulfonamides is 1. The zero-order valence-electron chi connectivity index (χ0n) is 35.9. The number of nitrogens with one attached hydrogen (secondary N) is 1. The van der Waals surface area contributed by atoms with E-state index >= 15 is 0 Å². The molecule has 0 aromatic heterocycles. The first-order valence-corrected chi connectivity index (χ1v) is 23.6. The van der Waals surface area contributed by atoms with Crippen molar-refractivity contribution in [3.8, 4) is 0 Å². The third-order valence-electron chi connectivity index (χ3n) is 18.0. The van der Waals surface area contributed by atoms with Gasteiger partial charge in [0.25, 0.3) is 0 Å². The molecule has 7 nitrogen and oxygen atoms in total. The maximum Gasteiger partial charge on any atom is 0.335 e. The average molecular weight is 796 g/mol. The lowest BCUT2D eigenvalue weighted by Crippen LogP contribution is -2.68. The third kappa shape index (κ3) is 6.44. The number of carbonyl (C=O) groups is 1. The van der Waals surface area contributed by atoms with Gasteiger partial charge in [0, 0.05) is 44.8 Å². The van der Waals surface area contributed by atoms with Crippen molar-refractivity contribution in [3.63, 3.8) is 0 Å². The Morgan fingerprint density at radius 1 is 0.842 bits per heavy atom. The van der Waals surface area contributed by atoms with E-state index in [9.17, 15) is 18.3 Å². The molecule has 9 atom stereocenters. The van der Waals surface area contributed by atoms with Crippen LogP contribution in [0.5, 0.6) is 0 Å². The lowest BCUT2D eigenvalue weighted by molar-refractivity contribution is -0.219. The molecular weight excluding hydrogens is 727 g/mol. The third-order valence-corrected chi connectivity index (χ3v) is 19.9. The van der Waals surface area contributed by atoms with Gasteiger partial charge in [-0.25, -0.2) is 13.2 Å². The fraction of sp³-hybridized carbons (Fsp3) is 0.653. The van der Waals surface area contributed by atoms with Crippen molar-refractivity contribution in [2.24, 2.45) is 51.2 Å². The summed E-state index contributed by atoms with van der Waals surface area (Å²) in [6.07, 6.45) is 13.7. The fourth-order valence-corrected chi connectivity index (χ4v) is 16.3. The molecule has 310 valence electrons. The van der Waals surface area contributed by atoms with Crippen LogP contribution in [0.2, 0.25) is 0 Å². The Morgan fingerprint density at radius 2 is 1.53 bits per heavy atom. The summed E-state index contributed by atoms with van der Waals surface area (Å²) in [4.78, 5) is 14.5. The molecule has 6 aliphatic rings. The molecule has 8 rings (SSSR count). The summed E-state index contributed by atoms with van der Waals surface area (Å²) in [5.74, 6) is 2.18. The van der Waals surface area contributed by atoms with Crippen LogP contribution < -0.4 is 5.32 Å². The van der Waals surface area contributed by atoms with Crippen molar-refractivity contribution in [1.29, 1.82) is 0 Å². The summed E-state index contributed by atoms with van der Waals surface area (Å²) in [6.45, 7) is 26.4. The standard InChI is InChI=1S/C49H69N3O4S/c1-33(2)38-19-24-49(50-27-28-51-29-31-52(32-30-51)57(55,56)37-15-9-34(3)10-16-37)26-25-47(7)40(43(38)49)17-18-42-46(6)22-20-39(35-11-13-36(14-12-35)44(53)54)45(4,5)41(46)21-23-48(42,47)8/h9-16,20,38,40-43,50H,1,17-19,21-32H2,2-8H3,(H,53,54). The van der Waals surface area contributed by atoms with E-state index < -0.39 is 16.0 Å². The van der Waals surface area contributed by atoms with Crippen molar-refractivity contribution < 1.29 is 18.3 Å². The molecule has 57 heavy (non-hydrogen) atoms. The highest BCUT2D eigenvalue weighted by Gasteiger charge is 2.70. The quantitative estimate of drug-likeness (QED) is 0.246. The molecule has 1 heterocycles. The Hall–Kier alpha value is -2.78. The smallest absolute Gasteiger partial charge is 0.335 e. The van der Waals surface area contributed by atoms with Gasteiger partial charge in [-0.2, -0.15) is 4.31 Å². The van der Waals surface area contributed by atoms with E-state index in [1.54, 1.807) is 28.6 Å². The monoisotopic (exact) mass is 796 g/mol. The summed E-state index contributed by atoms with van der Waals surface area (Å²) >= 11 is 0. The number of carboxylic acid groups (broad SMARTS) is 1. The van der Waals surface area contributed by atoms with Gasteiger partial charge in [0.1, 0.15) is 0 Å². The van der Waals surface area contributed by atoms with E-state index in [1.165, 1.54) is 68.1 Å². The van der Waals surface area contributed by atoms with Crippen LogP contribution in [0.3, 0.4) is 0 Å². The summed E-state index contributed by atoms with van der Waals surface area (Å²) in [6, 6.07) is 14.8. The molecule has 0 radical (unpaired) electrons. The number of benzene rings is 2. The number of aromatic carboxylic acids is 1. The lowest BCUT2D eigenvalue weighted by Gasteiger charge is -2.72. The van der Waals surface area contributed by atoms with Gasteiger partial charge in [-0.15, -0.1) is 0 Å². The molecule has 9 unspecified atom stereocenters. The minimum Gasteiger partial charge on any atom is -0.478 e. The van der Waals surface area contributed by atoms with E-state index in [0.717, 1.165) is 38.2 Å². The van der Waals surface area contributed by atoms with Gasteiger partial charge in [-0.05, 0) is 158 Å². The zero-order valence-corrected chi connectivity index (χ0v) is 36.7. The number of nitrogens with zero attached hydrogens (tertiary/aromatic N) is 2. The average Bonchev–Trinajstić information content (AvgIpc) is 3.55. The summed E-state index contributed by atoms with van der Waals surface area (Å²) in [5, 5.41) is 13.8. The largest absolute Gasteiger partial charge is 0.478 e. The van der Waals surface area contributed by atoms with Gasteiger partial charge in [0.15, 0.2) is 0 Å². The number of allylic oxidation sites excluding steroid dienone is 3. The first kappa shape index (κ1) is 41.0. The van der Waals surface area contributed by atoms with E-state index in [4.69, 9.17) is 0 Å². The highest BCUT2D eigenvalue weighted by molar-refractivity contribution is 7.89. The first-order chi connectivity index (χ1) is 26.9. The molecule has 2 N–H and O–H groups in total. The van der Waals surface area contributed by atoms with Crippen LogP contribution in [0.4, 0.5) is 0 Å². The highest BCUT2D eigenvalue weighted by atomic mass is 32.2. The molecule has 2 aromatic carbocycles. The molecule has 0 bridgehead atoms. The number of piperazine rings is 1. The van der Waals surface area contributed by atoms with Gasteiger partial charge in [-0.3, -0.25) is 4.90 Å². The Bertz CT molecular complexity index is 2020. The molecule has 8 heteroatoms. The van der Waals surface area contributed by atoms with E-state index in [2.05, 4.69) is 64.4 Å². The van der Waals surface area contributed by atoms with Crippen LogP contribution in [0.15, 0.2) is 71.7 Å². The minimum absolute atomic E-state index is 0.000949. The highest BCUT2D eigenvalue weighted by Crippen LogP contribution is 2.76. The molecular formula is C49H69N3O4S. The summed E-state index contributed by atoms with van der Waals surface area (Å²) in [7, 11) is -3.47. The molecule has 5 fully saturated rings. The van der Waals surface area contributed by atoms with E-state index in [-0.39, 0.29) is 27.2 Å². The van der Waals surface area contributed by atoms with Gasteiger partial charge in [-0.1, -0.05) is 82.7 Å². The Morgan fingerprint density at radius 3 is 2.18 bits per heavy atom. The second-order valence-electron chi connectivity index (χ2n) is 20.8. The fourth-order valence-electron chi connectivity index (χ4n) is 14.9. The van der Waals surface area contributed by atoms with Crippen LogP contribution in [-0.2, 0) is 10.0 Å². The van der Waals surface area contributed by atoms with Gasteiger partial charge >= 0.3 is 5.97 Å². The van der Waals surface area contributed by atoms with E-state index in [0.29, 0.717) is 53.1 Å². The second-order valence-corrected chi connectivity index (χ2v) is 22.7. The Balaban J connectivity index is 0.977. The molecule has 1 aliphatic heterocycles. The van der Waals surface area contributed by atoms with E-state index in [1.807, 2.05) is 31.2 Å². The van der Waals surface area contributed by atoms with Crippen molar-refractivity contribution in [2.45, 2.75) is 117 Å². The van der Waals surface area contributed by atoms with Crippen LogP contribution in [-0.4, -0.2) is 73.5 Å². The maximum absolute atomic E-state index is 13.4. The number of hydrogen-bond acceptors (Lipinski definition) is 5. The number of aryl methyl sites for hydroxylation is 1. The predicted molar refractivity (Wildman–Crippen MR) is 230 cm³/mol. The maximum atomic E-state index is 13.4. The topological polar surface area (TPSA) is 90.0 Å². The van der Waals surface area contributed by atoms with Crippen molar-refractivity contribution in [1.82, 2.24) is 14.5 Å². The second kappa shape index (κ2) is 14.4. The van der Waals surface area contributed by atoms with Crippen LogP contribution >= 0.6 is 0 Å². The number of carboxylic acids is 1. The molecule has 2 aromatic rings. The molecule has 4 saturated carbocycles. The SMILES string of the molecule is C=C(C)C1CCC2(NCCN3CCN(S(=O)(=O)c4ccc(C)cc4)CC3)CCC3(C)C(CCC4C5(C)CC=C(c6ccc(C(=O)O)cc6)C(C)(C)C5CCC43C)C12. The predicted octanol–water partition coefficient (Wildman–Crippen LogP) is 9.69. The zero-order chi connectivity index (χ0) is 40.8. The molecule has 5 aliphatic carbocycles. The molecule has 0 amide bonds. The number of fused-ring (bicyclic) bond motifs is 7.